The molecule has 0 spiro atoms. The largest absolute Gasteiger partial charge is 0.496 e. The van der Waals surface area contributed by atoms with Crippen LogP contribution in [-0.2, 0) is 6.54 Å². The Morgan fingerprint density at radius 3 is 2.85 bits per heavy atom. The minimum Gasteiger partial charge on any atom is -0.496 e. The van der Waals surface area contributed by atoms with E-state index >= 15 is 0 Å². The van der Waals surface area contributed by atoms with Crippen LogP contribution in [0.3, 0.4) is 0 Å². The number of ether oxygens (including phenoxy) is 1. The van der Waals surface area contributed by atoms with Crippen molar-refractivity contribution in [1.29, 1.82) is 0 Å². The maximum absolute atomic E-state index is 12.7. The molecule has 0 radical (unpaired) electrons. The standard InChI is InChI=1S/C18H12ClN3O4S/c1-3-8-21-14-6-5-12(22(24)25)10-16(14)27-18(21)20-17(23)13-9-11(19)4-7-15(13)26-2/h1,4-7,9-10H,8H2,2H3. The minimum atomic E-state index is -0.554. The van der Waals surface area contributed by atoms with Crippen LogP contribution in [0.5, 0.6) is 5.75 Å². The maximum Gasteiger partial charge on any atom is 0.283 e. The van der Waals surface area contributed by atoms with Gasteiger partial charge in [-0.3, -0.25) is 14.9 Å². The van der Waals surface area contributed by atoms with Gasteiger partial charge in [0.25, 0.3) is 11.6 Å². The average Bonchev–Trinajstić information content (AvgIpc) is 2.98. The first-order chi connectivity index (χ1) is 12.9. The average molecular weight is 402 g/mol. The van der Waals surface area contributed by atoms with Gasteiger partial charge in [-0.1, -0.05) is 28.9 Å². The monoisotopic (exact) mass is 401 g/mol. The van der Waals surface area contributed by atoms with Gasteiger partial charge in [0.15, 0.2) is 4.80 Å². The van der Waals surface area contributed by atoms with Gasteiger partial charge in [-0.25, -0.2) is 0 Å². The molecule has 0 aliphatic carbocycles. The number of hydrogen-bond acceptors (Lipinski definition) is 5. The van der Waals surface area contributed by atoms with Gasteiger partial charge in [0.05, 0.1) is 34.4 Å². The number of aromatic nitrogens is 1. The number of rotatable bonds is 4. The van der Waals surface area contributed by atoms with Crippen LogP contribution in [0.2, 0.25) is 5.02 Å². The lowest BCUT2D eigenvalue weighted by Crippen LogP contribution is -2.16. The molecule has 1 heterocycles. The molecule has 2 aromatic carbocycles. The quantitative estimate of drug-likeness (QED) is 0.379. The maximum atomic E-state index is 12.7. The number of nitro groups is 1. The molecule has 9 heteroatoms. The fraction of sp³-hybridized carbons (Fsp3) is 0.111. The van der Waals surface area contributed by atoms with Gasteiger partial charge in [-0.15, -0.1) is 6.42 Å². The smallest absolute Gasteiger partial charge is 0.283 e. The van der Waals surface area contributed by atoms with E-state index in [9.17, 15) is 14.9 Å². The van der Waals surface area contributed by atoms with Gasteiger partial charge in [0.1, 0.15) is 5.75 Å². The van der Waals surface area contributed by atoms with Gasteiger partial charge in [-0.2, -0.15) is 4.99 Å². The van der Waals surface area contributed by atoms with Crippen molar-refractivity contribution in [3.8, 4) is 18.1 Å². The highest BCUT2D eigenvalue weighted by Crippen LogP contribution is 2.25. The minimum absolute atomic E-state index is 0.0500. The summed E-state index contributed by atoms with van der Waals surface area (Å²) in [6.45, 7) is 0.163. The van der Waals surface area contributed by atoms with Crippen molar-refractivity contribution in [1.82, 2.24) is 4.57 Å². The Kier molecular flexibility index (Phi) is 5.26. The number of nitrogens with zero attached hydrogens (tertiary/aromatic N) is 3. The third-order valence-electron chi connectivity index (χ3n) is 3.72. The Morgan fingerprint density at radius 1 is 1.41 bits per heavy atom. The first-order valence-corrected chi connectivity index (χ1v) is 8.78. The molecule has 3 rings (SSSR count). The number of halogens is 1. The molecule has 0 fully saturated rings. The molecule has 0 saturated heterocycles. The molecule has 0 bridgehead atoms. The topological polar surface area (TPSA) is 86.7 Å². The van der Waals surface area contributed by atoms with Crippen LogP contribution in [0, 0.1) is 22.5 Å². The van der Waals surface area contributed by atoms with Crippen LogP contribution in [0.1, 0.15) is 10.4 Å². The van der Waals surface area contributed by atoms with E-state index in [-0.39, 0.29) is 17.8 Å². The Bertz CT molecular complexity index is 1170. The third-order valence-corrected chi connectivity index (χ3v) is 4.99. The van der Waals surface area contributed by atoms with Crippen molar-refractivity contribution >= 4 is 44.7 Å². The summed E-state index contributed by atoms with van der Waals surface area (Å²) in [6, 6.07) is 9.05. The molecule has 7 nitrogen and oxygen atoms in total. The number of hydrogen-bond donors (Lipinski definition) is 0. The second-order valence-electron chi connectivity index (χ2n) is 5.35. The van der Waals surface area contributed by atoms with Crippen molar-refractivity contribution in [2.75, 3.05) is 7.11 Å². The molecule has 1 aromatic heterocycles. The van der Waals surface area contributed by atoms with Gasteiger partial charge in [0.2, 0.25) is 0 Å². The van der Waals surface area contributed by atoms with Crippen molar-refractivity contribution < 1.29 is 14.5 Å². The van der Waals surface area contributed by atoms with E-state index in [1.54, 1.807) is 22.8 Å². The SMILES string of the molecule is C#CCn1c(=NC(=O)c2cc(Cl)ccc2OC)sc2cc([N+](=O)[O-])ccc21. The molecule has 136 valence electrons. The number of thiazole rings is 1. The number of carbonyl (C=O) groups is 1. The van der Waals surface area contributed by atoms with Crippen molar-refractivity contribution in [3.05, 3.63) is 61.9 Å². The number of fused-ring (bicyclic) bond motifs is 1. The Hall–Kier alpha value is -3.15. The molecule has 0 aliphatic heterocycles. The summed E-state index contributed by atoms with van der Waals surface area (Å²) in [5, 5.41) is 11.4. The summed E-state index contributed by atoms with van der Waals surface area (Å²) in [5.41, 5.74) is 0.819. The highest BCUT2D eigenvalue weighted by molar-refractivity contribution is 7.16. The second-order valence-corrected chi connectivity index (χ2v) is 6.79. The Balaban J connectivity index is 2.19. The zero-order chi connectivity index (χ0) is 19.6. The molecule has 0 atom stereocenters. The summed E-state index contributed by atoms with van der Waals surface area (Å²) in [7, 11) is 1.44. The van der Waals surface area contributed by atoms with Crippen LogP contribution < -0.4 is 9.54 Å². The van der Waals surface area contributed by atoms with Gasteiger partial charge >= 0.3 is 0 Å². The molecular formula is C18H12ClN3O4S. The van der Waals surface area contributed by atoms with Gasteiger partial charge in [-0.05, 0) is 24.3 Å². The molecular weight excluding hydrogens is 390 g/mol. The molecule has 0 unspecified atom stereocenters. The molecule has 0 N–H and O–H groups in total. The van der Waals surface area contributed by atoms with E-state index < -0.39 is 10.8 Å². The number of amides is 1. The summed E-state index contributed by atoms with van der Waals surface area (Å²) in [5.74, 6) is 2.29. The molecule has 3 aromatic rings. The van der Waals surface area contributed by atoms with E-state index in [0.29, 0.717) is 25.8 Å². The van der Waals surface area contributed by atoms with Crippen LogP contribution in [0.4, 0.5) is 5.69 Å². The number of terminal acetylenes is 1. The van der Waals surface area contributed by atoms with E-state index in [1.807, 2.05) is 0 Å². The number of nitro benzene ring substituents is 1. The summed E-state index contributed by atoms with van der Waals surface area (Å²) < 4.78 is 7.44. The number of non-ortho nitro benzene ring substituents is 1. The summed E-state index contributed by atoms with van der Waals surface area (Å²) in [6.07, 6.45) is 5.43. The number of carbonyl (C=O) groups excluding carboxylic acids is 1. The summed E-state index contributed by atoms with van der Waals surface area (Å²) >= 11 is 7.11. The van der Waals surface area contributed by atoms with Crippen LogP contribution in [-0.4, -0.2) is 22.5 Å². The molecule has 1 amide bonds. The highest BCUT2D eigenvalue weighted by atomic mass is 35.5. The summed E-state index contributed by atoms with van der Waals surface area (Å²) in [4.78, 5) is 27.7. The fourth-order valence-electron chi connectivity index (χ4n) is 2.50. The number of benzene rings is 2. The van der Waals surface area contributed by atoms with Gasteiger partial charge in [0, 0.05) is 17.2 Å². The van der Waals surface area contributed by atoms with Crippen LogP contribution in [0.15, 0.2) is 41.4 Å². The van der Waals surface area contributed by atoms with Gasteiger partial charge < -0.3 is 9.30 Å². The molecule has 0 aliphatic rings. The second kappa shape index (κ2) is 7.61. The van der Waals surface area contributed by atoms with Crippen molar-refractivity contribution in [3.63, 3.8) is 0 Å². The number of methoxy groups -OCH3 is 1. The highest BCUT2D eigenvalue weighted by Gasteiger charge is 2.15. The fourth-order valence-corrected chi connectivity index (χ4v) is 3.73. The van der Waals surface area contributed by atoms with Crippen molar-refractivity contribution in [2.24, 2.45) is 4.99 Å². The molecule has 0 saturated carbocycles. The van der Waals surface area contributed by atoms with E-state index in [1.165, 1.54) is 25.3 Å². The first-order valence-electron chi connectivity index (χ1n) is 7.58. The van der Waals surface area contributed by atoms with Crippen molar-refractivity contribution in [2.45, 2.75) is 6.54 Å². The zero-order valence-corrected chi connectivity index (χ0v) is 15.6. The molecule has 27 heavy (non-hydrogen) atoms. The van der Waals surface area contributed by atoms with E-state index in [0.717, 1.165) is 11.3 Å². The lowest BCUT2D eigenvalue weighted by molar-refractivity contribution is -0.384. The predicted molar refractivity (Wildman–Crippen MR) is 103 cm³/mol. The Morgan fingerprint density at radius 2 is 2.19 bits per heavy atom. The van der Waals surface area contributed by atoms with Crippen LogP contribution in [0.25, 0.3) is 10.2 Å². The third kappa shape index (κ3) is 3.69. The predicted octanol–water partition coefficient (Wildman–Crippen LogP) is 3.65. The normalized spacial score (nSPS) is 11.4. The Labute approximate surface area is 162 Å². The zero-order valence-electron chi connectivity index (χ0n) is 14.0. The van der Waals surface area contributed by atoms with Crippen LogP contribution >= 0.6 is 22.9 Å². The first kappa shape index (κ1) is 18.6. The lowest BCUT2D eigenvalue weighted by atomic mass is 10.2. The van der Waals surface area contributed by atoms with E-state index in [2.05, 4.69) is 10.9 Å². The lowest BCUT2D eigenvalue weighted by Gasteiger charge is -2.05. The van der Waals surface area contributed by atoms with E-state index in [4.69, 9.17) is 22.8 Å².